The van der Waals surface area contributed by atoms with Crippen molar-refractivity contribution in [2.45, 2.75) is 39.2 Å². The highest BCUT2D eigenvalue weighted by Crippen LogP contribution is 2.47. The summed E-state index contributed by atoms with van der Waals surface area (Å²) in [6.45, 7) is 2.48. The lowest BCUT2D eigenvalue weighted by molar-refractivity contribution is -0.131. The van der Waals surface area contributed by atoms with E-state index in [9.17, 15) is 14.0 Å². The van der Waals surface area contributed by atoms with Gasteiger partial charge in [-0.25, -0.2) is 18.7 Å². The van der Waals surface area contributed by atoms with Crippen molar-refractivity contribution in [1.29, 1.82) is 0 Å². The van der Waals surface area contributed by atoms with Crippen molar-refractivity contribution in [2.75, 3.05) is 10.6 Å². The van der Waals surface area contributed by atoms with Crippen LogP contribution in [0.3, 0.4) is 0 Å². The first-order valence-electron chi connectivity index (χ1n) is 14.6. The van der Waals surface area contributed by atoms with Gasteiger partial charge in [0.05, 0.1) is 10.9 Å². The minimum Gasteiger partial charge on any atom is -0.489 e. The SMILES string of the molecule is CCCc1cc2c(Oc3ccc(NC(=O)C4(C(=O)Nc5ccc(F)cc5)CC4)cc3F)ncnc2cc1OCc1ccccc1. The third-order valence-electron chi connectivity index (χ3n) is 7.66. The summed E-state index contributed by atoms with van der Waals surface area (Å²) in [7, 11) is 0. The van der Waals surface area contributed by atoms with Gasteiger partial charge in [0, 0.05) is 23.5 Å². The molecule has 2 N–H and O–H groups in total. The number of rotatable bonds is 11. The maximum Gasteiger partial charge on any atom is 0.240 e. The van der Waals surface area contributed by atoms with Gasteiger partial charge >= 0.3 is 0 Å². The molecule has 1 saturated carbocycles. The van der Waals surface area contributed by atoms with E-state index in [-0.39, 0.29) is 17.3 Å². The molecule has 0 aliphatic heterocycles. The number of halogens is 2. The van der Waals surface area contributed by atoms with Crippen LogP contribution in [-0.2, 0) is 22.6 Å². The summed E-state index contributed by atoms with van der Waals surface area (Å²) in [4.78, 5) is 34.5. The predicted molar refractivity (Wildman–Crippen MR) is 166 cm³/mol. The van der Waals surface area contributed by atoms with Crippen molar-refractivity contribution in [1.82, 2.24) is 9.97 Å². The standard InChI is InChI=1S/C35H30F2N4O4/c1-2-6-23-17-27-29(19-31(23)44-20-22-7-4-3-5-8-22)38-21-39-32(27)45-30-14-13-26(18-28(30)37)41-34(43)35(15-16-35)33(42)40-25-11-9-24(36)10-12-25/h3-5,7-14,17-19,21H,2,6,15-16,20H2,1H3,(H,40,42)(H,41,43). The van der Waals surface area contributed by atoms with E-state index < -0.39 is 28.9 Å². The minimum atomic E-state index is -1.28. The number of aromatic nitrogens is 2. The van der Waals surface area contributed by atoms with E-state index in [2.05, 4.69) is 27.5 Å². The third-order valence-corrected chi connectivity index (χ3v) is 7.66. The van der Waals surface area contributed by atoms with Gasteiger partial charge in [0.2, 0.25) is 17.7 Å². The van der Waals surface area contributed by atoms with Crippen LogP contribution in [0.1, 0.15) is 37.3 Å². The second-order valence-electron chi connectivity index (χ2n) is 10.9. The first-order chi connectivity index (χ1) is 21.8. The van der Waals surface area contributed by atoms with Crippen molar-refractivity contribution >= 4 is 34.1 Å². The summed E-state index contributed by atoms with van der Waals surface area (Å²) in [6, 6.07) is 22.9. The quantitative estimate of drug-likeness (QED) is 0.150. The summed E-state index contributed by atoms with van der Waals surface area (Å²) in [5.41, 5.74) is 1.85. The van der Waals surface area contributed by atoms with Gasteiger partial charge < -0.3 is 20.1 Å². The van der Waals surface area contributed by atoms with Crippen LogP contribution in [-0.4, -0.2) is 21.8 Å². The molecule has 228 valence electrons. The molecule has 0 spiro atoms. The van der Waals surface area contributed by atoms with Gasteiger partial charge in [-0.3, -0.25) is 9.59 Å². The normalized spacial score (nSPS) is 13.2. The van der Waals surface area contributed by atoms with Crippen molar-refractivity contribution in [3.05, 3.63) is 114 Å². The molecule has 1 aromatic heterocycles. The number of amides is 2. The number of nitrogens with one attached hydrogen (secondary N) is 2. The van der Waals surface area contributed by atoms with E-state index in [1.165, 1.54) is 42.7 Å². The molecule has 10 heteroatoms. The van der Waals surface area contributed by atoms with E-state index in [0.29, 0.717) is 41.8 Å². The molecule has 45 heavy (non-hydrogen) atoms. The number of aryl methyl sites for hydroxylation is 1. The fourth-order valence-electron chi connectivity index (χ4n) is 5.00. The minimum absolute atomic E-state index is 0.0929. The lowest BCUT2D eigenvalue weighted by Crippen LogP contribution is -2.35. The Bertz CT molecular complexity index is 1860. The monoisotopic (exact) mass is 608 g/mol. The zero-order valence-electron chi connectivity index (χ0n) is 24.5. The number of nitrogens with zero attached hydrogens (tertiary/aromatic N) is 2. The molecular weight excluding hydrogens is 578 g/mol. The van der Waals surface area contributed by atoms with Gasteiger partial charge in [-0.15, -0.1) is 0 Å². The predicted octanol–water partition coefficient (Wildman–Crippen LogP) is 7.59. The Balaban J connectivity index is 1.17. The Morgan fingerprint density at radius 2 is 1.56 bits per heavy atom. The Morgan fingerprint density at radius 3 is 2.24 bits per heavy atom. The number of anilines is 2. The zero-order chi connectivity index (χ0) is 31.4. The van der Waals surface area contributed by atoms with Crippen LogP contribution in [0.4, 0.5) is 20.2 Å². The molecule has 6 rings (SSSR count). The highest BCUT2D eigenvalue weighted by Gasteiger charge is 2.56. The Hall–Kier alpha value is -5.38. The van der Waals surface area contributed by atoms with Crippen LogP contribution < -0.4 is 20.1 Å². The second kappa shape index (κ2) is 12.7. The molecular formula is C35H30F2N4O4. The van der Waals surface area contributed by atoms with Crippen LogP contribution >= 0.6 is 0 Å². The number of hydrogen-bond donors (Lipinski definition) is 2. The summed E-state index contributed by atoms with van der Waals surface area (Å²) in [5.74, 6) is -1.42. The molecule has 0 radical (unpaired) electrons. The van der Waals surface area contributed by atoms with Crippen molar-refractivity contribution < 1.29 is 27.8 Å². The molecule has 0 bridgehead atoms. The van der Waals surface area contributed by atoms with Crippen LogP contribution in [0.25, 0.3) is 10.9 Å². The first kappa shape index (κ1) is 29.7. The van der Waals surface area contributed by atoms with Gasteiger partial charge in [-0.05, 0) is 72.9 Å². The number of fused-ring (bicyclic) bond motifs is 1. The van der Waals surface area contributed by atoms with E-state index in [4.69, 9.17) is 9.47 Å². The highest BCUT2D eigenvalue weighted by atomic mass is 19.1. The maximum atomic E-state index is 15.3. The lowest BCUT2D eigenvalue weighted by atomic mass is 10.0. The number of benzene rings is 4. The van der Waals surface area contributed by atoms with Gasteiger partial charge in [0.25, 0.3) is 0 Å². The molecule has 1 aliphatic rings. The Morgan fingerprint density at radius 1 is 0.844 bits per heavy atom. The number of carbonyl (C=O) groups excluding carboxylic acids is 2. The van der Waals surface area contributed by atoms with Crippen LogP contribution in [0.2, 0.25) is 0 Å². The average Bonchev–Trinajstić information content (AvgIpc) is 3.86. The molecule has 2 amide bonds. The molecule has 1 heterocycles. The van der Waals surface area contributed by atoms with Gasteiger partial charge in [-0.2, -0.15) is 0 Å². The number of ether oxygens (including phenoxy) is 2. The van der Waals surface area contributed by atoms with E-state index >= 15 is 4.39 Å². The van der Waals surface area contributed by atoms with Crippen molar-refractivity contribution in [3.8, 4) is 17.4 Å². The van der Waals surface area contributed by atoms with E-state index in [0.717, 1.165) is 30.0 Å². The topological polar surface area (TPSA) is 102 Å². The lowest BCUT2D eigenvalue weighted by Gasteiger charge is -2.16. The molecule has 1 fully saturated rings. The summed E-state index contributed by atoms with van der Waals surface area (Å²) in [5, 5.41) is 5.89. The summed E-state index contributed by atoms with van der Waals surface area (Å²) >= 11 is 0. The average molecular weight is 609 g/mol. The molecule has 1 aliphatic carbocycles. The third kappa shape index (κ3) is 6.59. The van der Waals surface area contributed by atoms with Gasteiger partial charge in [0.15, 0.2) is 11.6 Å². The van der Waals surface area contributed by atoms with Crippen LogP contribution in [0.5, 0.6) is 17.4 Å². The van der Waals surface area contributed by atoms with Crippen molar-refractivity contribution in [3.63, 3.8) is 0 Å². The Labute approximate surface area is 258 Å². The van der Waals surface area contributed by atoms with Crippen LogP contribution in [0.15, 0.2) is 91.3 Å². The molecule has 5 aromatic rings. The fraction of sp³-hybridized carbons (Fsp3) is 0.200. The fourth-order valence-corrected chi connectivity index (χ4v) is 5.00. The summed E-state index contributed by atoms with van der Waals surface area (Å²) < 4.78 is 40.5. The van der Waals surface area contributed by atoms with Crippen LogP contribution in [0, 0.1) is 17.0 Å². The highest BCUT2D eigenvalue weighted by molar-refractivity contribution is 6.16. The molecule has 0 saturated heterocycles. The van der Waals surface area contributed by atoms with Gasteiger partial charge in [-0.1, -0.05) is 43.7 Å². The smallest absolute Gasteiger partial charge is 0.240 e. The Kier molecular flexibility index (Phi) is 8.37. The van der Waals surface area contributed by atoms with Crippen molar-refractivity contribution in [2.24, 2.45) is 5.41 Å². The molecule has 0 unspecified atom stereocenters. The number of hydrogen-bond acceptors (Lipinski definition) is 6. The van der Waals surface area contributed by atoms with E-state index in [1.54, 1.807) is 0 Å². The van der Waals surface area contributed by atoms with Gasteiger partial charge in [0.1, 0.15) is 29.9 Å². The molecule has 8 nitrogen and oxygen atoms in total. The second-order valence-corrected chi connectivity index (χ2v) is 10.9. The molecule has 0 atom stereocenters. The summed E-state index contributed by atoms with van der Waals surface area (Å²) in [6.07, 6.45) is 3.66. The maximum absolute atomic E-state index is 15.3. The van der Waals surface area contributed by atoms with E-state index in [1.807, 2.05) is 42.5 Å². The first-order valence-corrected chi connectivity index (χ1v) is 14.6. The zero-order valence-corrected chi connectivity index (χ0v) is 24.5. The largest absolute Gasteiger partial charge is 0.489 e. The number of carbonyl (C=O) groups is 2. The molecule has 4 aromatic carbocycles.